The Morgan fingerprint density at radius 3 is 2.78 bits per heavy atom. The summed E-state index contributed by atoms with van der Waals surface area (Å²) in [6, 6.07) is 9.66. The van der Waals surface area contributed by atoms with Crippen LogP contribution < -0.4 is 10.6 Å². The molecule has 2 N–H and O–H groups in total. The molecule has 1 aliphatic carbocycles. The summed E-state index contributed by atoms with van der Waals surface area (Å²) in [6.07, 6.45) is 4.68. The zero-order valence-corrected chi connectivity index (χ0v) is 19.5. The Morgan fingerprint density at radius 2 is 2.12 bits per heavy atom. The number of nitrogens with two attached hydrogens (primary N) is 1. The first-order valence-electron chi connectivity index (χ1n) is 11.2. The van der Waals surface area contributed by atoms with Gasteiger partial charge in [0.1, 0.15) is 5.82 Å². The van der Waals surface area contributed by atoms with Crippen molar-refractivity contribution in [3.8, 4) is 0 Å². The van der Waals surface area contributed by atoms with Crippen molar-refractivity contribution in [3.05, 3.63) is 58.4 Å². The van der Waals surface area contributed by atoms with Crippen LogP contribution in [0.15, 0.2) is 36.5 Å². The minimum Gasteiger partial charge on any atom is -0.355 e. The van der Waals surface area contributed by atoms with Crippen LogP contribution >= 0.6 is 11.6 Å². The molecule has 0 bridgehead atoms. The van der Waals surface area contributed by atoms with Crippen LogP contribution in [0.3, 0.4) is 0 Å². The van der Waals surface area contributed by atoms with E-state index >= 15 is 0 Å². The number of amides is 1. The Labute approximate surface area is 193 Å². The van der Waals surface area contributed by atoms with Gasteiger partial charge >= 0.3 is 0 Å². The molecule has 1 amide bonds. The number of aryl methyl sites for hydroxylation is 1. The number of benzene rings is 1. The predicted molar refractivity (Wildman–Crippen MR) is 126 cm³/mol. The van der Waals surface area contributed by atoms with Crippen molar-refractivity contribution >= 4 is 29.0 Å². The van der Waals surface area contributed by atoms with E-state index in [0.29, 0.717) is 5.02 Å². The number of aromatic nitrogens is 3. The van der Waals surface area contributed by atoms with Gasteiger partial charge in [-0.2, -0.15) is 5.10 Å². The molecule has 7 nitrogen and oxygen atoms in total. The minimum absolute atomic E-state index is 0.111. The average Bonchev–Trinajstić information content (AvgIpc) is 3.31. The number of nitrogens with zero attached hydrogens (tertiary/aromatic N) is 5. The van der Waals surface area contributed by atoms with Crippen LogP contribution in [0.25, 0.3) is 5.65 Å². The highest BCUT2D eigenvalue weighted by atomic mass is 35.5. The van der Waals surface area contributed by atoms with E-state index in [-0.39, 0.29) is 18.0 Å². The summed E-state index contributed by atoms with van der Waals surface area (Å²) in [5, 5.41) is 5.41. The molecule has 1 aliphatic heterocycles. The molecule has 1 saturated carbocycles. The molecule has 2 fully saturated rings. The second-order valence-electron chi connectivity index (χ2n) is 9.30. The summed E-state index contributed by atoms with van der Waals surface area (Å²) in [7, 11) is 1.86. The van der Waals surface area contributed by atoms with Crippen LogP contribution in [0.4, 0.5) is 5.82 Å². The van der Waals surface area contributed by atoms with Gasteiger partial charge in [-0.15, -0.1) is 0 Å². The van der Waals surface area contributed by atoms with E-state index in [2.05, 4.69) is 4.90 Å². The van der Waals surface area contributed by atoms with Crippen molar-refractivity contribution < 1.29 is 4.79 Å². The Bertz CT molecular complexity index is 1190. The van der Waals surface area contributed by atoms with Gasteiger partial charge in [0.2, 0.25) is 5.91 Å². The largest absolute Gasteiger partial charge is 0.355 e. The third-order valence-electron chi connectivity index (χ3n) is 7.01. The van der Waals surface area contributed by atoms with Crippen LogP contribution in [-0.4, -0.2) is 51.6 Å². The normalized spacial score (nSPS) is 20.5. The van der Waals surface area contributed by atoms with Gasteiger partial charge in [0, 0.05) is 49.0 Å². The maximum atomic E-state index is 13.5. The van der Waals surface area contributed by atoms with E-state index in [0.717, 1.165) is 60.6 Å². The number of rotatable bonds is 5. The zero-order chi connectivity index (χ0) is 22.6. The molecule has 0 spiro atoms. The molecule has 32 heavy (non-hydrogen) atoms. The molecule has 1 aromatic carbocycles. The molecule has 3 aromatic rings. The van der Waals surface area contributed by atoms with Gasteiger partial charge in [0.05, 0.1) is 17.2 Å². The lowest BCUT2D eigenvalue weighted by Crippen LogP contribution is -2.38. The smallest absolute Gasteiger partial charge is 0.233 e. The van der Waals surface area contributed by atoms with E-state index in [1.807, 2.05) is 66.8 Å². The molecule has 1 saturated heterocycles. The predicted octanol–water partition coefficient (Wildman–Crippen LogP) is 3.48. The van der Waals surface area contributed by atoms with Crippen molar-refractivity contribution in [2.45, 2.75) is 50.6 Å². The number of likely N-dealkylation sites (N-methyl/N-ethyl adjacent to an activating group) is 1. The number of anilines is 1. The van der Waals surface area contributed by atoms with Gasteiger partial charge in [-0.3, -0.25) is 4.79 Å². The highest BCUT2D eigenvalue weighted by Crippen LogP contribution is 2.50. The number of halogens is 1. The monoisotopic (exact) mass is 452 g/mol. The third-order valence-corrected chi connectivity index (χ3v) is 7.25. The summed E-state index contributed by atoms with van der Waals surface area (Å²) in [4.78, 5) is 22.4. The number of hydrogen-bond acceptors (Lipinski definition) is 5. The average molecular weight is 453 g/mol. The van der Waals surface area contributed by atoms with Crippen molar-refractivity contribution in [3.63, 3.8) is 0 Å². The fraction of sp³-hybridized carbons (Fsp3) is 0.458. The summed E-state index contributed by atoms with van der Waals surface area (Å²) < 4.78 is 1.81. The van der Waals surface area contributed by atoms with Gasteiger partial charge < -0.3 is 15.5 Å². The zero-order valence-electron chi connectivity index (χ0n) is 18.8. The Hall–Kier alpha value is -2.64. The second-order valence-corrected chi connectivity index (χ2v) is 9.74. The fourth-order valence-corrected chi connectivity index (χ4v) is 4.96. The molecule has 0 unspecified atom stereocenters. The van der Waals surface area contributed by atoms with E-state index in [4.69, 9.17) is 27.4 Å². The summed E-state index contributed by atoms with van der Waals surface area (Å²) in [5.41, 5.74) is 9.29. The molecule has 5 rings (SSSR count). The second kappa shape index (κ2) is 7.74. The number of carbonyl (C=O) groups is 1. The first kappa shape index (κ1) is 21.2. The topological polar surface area (TPSA) is 79.8 Å². The van der Waals surface area contributed by atoms with Crippen LogP contribution in [0.1, 0.15) is 49.0 Å². The first-order chi connectivity index (χ1) is 15.3. The fourth-order valence-electron chi connectivity index (χ4n) is 4.77. The Balaban J connectivity index is 1.40. The molecule has 2 atom stereocenters. The van der Waals surface area contributed by atoms with Crippen molar-refractivity contribution in [1.29, 1.82) is 0 Å². The number of carbonyl (C=O) groups excluding carboxylic acids is 1. The number of fused-ring (bicyclic) bond motifs is 1. The summed E-state index contributed by atoms with van der Waals surface area (Å²) in [5.74, 6) is 1.08. The Kier molecular flexibility index (Phi) is 5.13. The van der Waals surface area contributed by atoms with Crippen LogP contribution in [0.5, 0.6) is 0 Å². The van der Waals surface area contributed by atoms with Crippen LogP contribution in [-0.2, 0) is 10.2 Å². The van der Waals surface area contributed by atoms with Gasteiger partial charge in [0.15, 0.2) is 5.65 Å². The lowest BCUT2D eigenvalue weighted by atomic mass is 9.94. The highest BCUT2D eigenvalue weighted by Gasteiger charge is 2.53. The summed E-state index contributed by atoms with van der Waals surface area (Å²) in [6.45, 7) is 5.81. The van der Waals surface area contributed by atoms with E-state index in [9.17, 15) is 4.79 Å². The van der Waals surface area contributed by atoms with Crippen molar-refractivity contribution in [1.82, 2.24) is 19.5 Å². The molecule has 168 valence electrons. The van der Waals surface area contributed by atoms with E-state index < -0.39 is 5.41 Å². The molecule has 0 radical (unpaired) electrons. The van der Waals surface area contributed by atoms with Gasteiger partial charge in [0.25, 0.3) is 0 Å². The van der Waals surface area contributed by atoms with E-state index in [1.165, 1.54) is 0 Å². The van der Waals surface area contributed by atoms with Crippen LogP contribution in [0, 0.1) is 6.92 Å². The van der Waals surface area contributed by atoms with Crippen molar-refractivity contribution in [2.75, 3.05) is 25.0 Å². The Morgan fingerprint density at radius 1 is 1.34 bits per heavy atom. The first-order valence-corrected chi connectivity index (χ1v) is 11.6. The third kappa shape index (κ3) is 3.53. The highest BCUT2D eigenvalue weighted by molar-refractivity contribution is 6.30. The van der Waals surface area contributed by atoms with Gasteiger partial charge in [-0.1, -0.05) is 23.7 Å². The molecule has 8 heteroatoms. The van der Waals surface area contributed by atoms with Gasteiger partial charge in [-0.25, -0.2) is 9.50 Å². The molecular weight excluding hydrogens is 424 g/mol. The van der Waals surface area contributed by atoms with Gasteiger partial charge in [-0.05, 0) is 50.8 Å². The molecular formula is C24H29ClN6O. The lowest BCUT2D eigenvalue weighted by molar-refractivity contribution is -0.134. The maximum Gasteiger partial charge on any atom is 0.233 e. The molecule has 3 heterocycles. The number of hydrogen-bond donors (Lipinski definition) is 1. The van der Waals surface area contributed by atoms with E-state index in [1.54, 1.807) is 0 Å². The quantitative estimate of drug-likeness (QED) is 0.641. The lowest BCUT2D eigenvalue weighted by Gasteiger charge is -2.28. The van der Waals surface area contributed by atoms with Crippen molar-refractivity contribution in [2.24, 2.45) is 5.73 Å². The maximum absolute atomic E-state index is 13.5. The van der Waals surface area contributed by atoms with Crippen LogP contribution in [0.2, 0.25) is 5.02 Å². The minimum atomic E-state index is -0.469. The molecule has 2 aromatic heterocycles. The standard InChI is InChI=1S/C24H29ClN6O/c1-15-13-31-21(27-22(15)30-10-7-19(26)14-30)12-20(28-31)16(2)29(3)23(32)24(8-9-24)17-5-4-6-18(25)11-17/h4-6,11-13,16,19H,7-10,14,26H2,1-3H3/t16-,19-/m0/s1. The summed E-state index contributed by atoms with van der Waals surface area (Å²) >= 11 is 6.19. The molecule has 2 aliphatic rings. The SMILES string of the molecule is Cc1cn2nc([C@H](C)N(C)C(=O)C3(c4cccc(Cl)c4)CC3)cc2nc1N1CC[C@H](N)C1.